The van der Waals surface area contributed by atoms with Gasteiger partial charge in [-0.3, -0.25) is 4.79 Å². The topological polar surface area (TPSA) is 89.4 Å². The summed E-state index contributed by atoms with van der Waals surface area (Å²) in [5, 5.41) is 13.9. The number of rotatable bonds is 4. The van der Waals surface area contributed by atoms with Crippen LogP contribution in [0.3, 0.4) is 0 Å². The normalized spacial score (nSPS) is 15.7. The first-order valence-electron chi connectivity index (χ1n) is 7.47. The first kappa shape index (κ1) is 18.5. The fraction of sp³-hybridized carbons (Fsp3) is 0.176. The molecule has 9 heteroatoms. The lowest BCUT2D eigenvalue weighted by molar-refractivity contribution is -0.130. The highest BCUT2D eigenvalue weighted by Gasteiger charge is 2.27. The molecule has 1 aliphatic rings. The highest BCUT2D eigenvalue weighted by atomic mass is 79.9. The van der Waals surface area contributed by atoms with Gasteiger partial charge in [-0.1, -0.05) is 12.1 Å². The maximum Gasteiger partial charge on any atom is 0.284 e. The number of carbonyl (C=O) groups excluding carboxylic acids is 1. The molecule has 1 atom stereocenters. The van der Waals surface area contributed by atoms with E-state index in [1.165, 1.54) is 13.3 Å². The Hall–Kier alpha value is -2.26. The molecule has 1 aliphatic heterocycles. The fourth-order valence-electron chi connectivity index (χ4n) is 2.25. The van der Waals surface area contributed by atoms with Gasteiger partial charge >= 0.3 is 0 Å². The summed E-state index contributed by atoms with van der Waals surface area (Å²) in [6, 6.07) is 8.71. The number of nitrogens with one attached hydrogen (secondary N) is 1. The van der Waals surface area contributed by atoms with Crippen molar-refractivity contribution in [1.82, 2.24) is 5.43 Å². The Morgan fingerprint density at radius 2 is 2.08 bits per heavy atom. The van der Waals surface area contributed by atoms with Crippen LogP contribution in [0, 0.1) is 0 Å². The summed E-state index contributed by atoms with van der Waals surface area (Å²) in [6.45, 7) is 0.0979. The molecule has 136 valence electrons. The number of amides is 1. The predicted octanol–water partition coefficient (Wildman–Crippen LogP) is 3.22. The van der Waals surface area contributed by atoms with Crippen LogP contribution in [0.15, 0.2) is 44.4 Å². The van der Waals surface area contributed by atoms with Crippen LogP contribution in [0.4, 0.5) is 0 Å². The molecule has 2 N–H and O–H groups in total. The van der Waals surface area contributed by atoms with Crippen molar-refractivity contribution in [2.75, 3.05) is 13.7 Å². The van der Waals surface area contributed by atoms with Gasteiger partial charge in [0.2, 0.25) is 6.10 Å². The van der Waals surface area contributed by atoms with Crippen LogP contribution in [0.1, 0.15) is 5.56 Å². The lowest BCUT2D eigenvalue weighted by Gasteiger charge is -2.24. The molecule has 0 spiro atoms. The van der Waals surface area contributed by atoms with E-state index in [-0.39, 0.29) is 18.1 Å². The highest BCUT2D eigenvalue weighted by molar-refractivity contribution is 9.13. The van der Waals surface area contributed by atoms with Gasteiger partial charge in [0.15, 0.2) is 23.0 Å². The first-order valence-corrected chi connectivity index (χ1v) is 9.06. The van der Waals surface area contributed by atoms with Crippen molar-refractivity contribution in [2.45, 2.75) is 6.10 Å². The number of hydrazone groups is 1. The van der Waals surface area contributed by atoms with Crippen molar-refractivity contribution in [1.29, 1.82) is 0 Å². The maximum atomic E-state index is 12.2. The van der Waals surface area contributed by atoms with Gasteiger partial charge in [0, 0.05) is 10.0 Å². The molecule has 1 heterocycles. The number of hydrogen-bond donors (Lipinski definition) is 2. The molecule has 0 saturated heterocycles. The molecule has 0 aromatic heterocycles. The lowest BCUT2D eigenvalue weighted by atomic mass is 10.2. The summed E-state index contributed by atoms with van der Waals surface area (Å²) in [5.41, 5.74) is 3.01. The van der Waals surface area contributed by atoms with Crippen molar-refractivity contribution >= 4 is 44.0 Å². The largest absolute Gasteiger partial charge is 0.503 e. The van der Waals surface area contributed by atoms with Crippen LogP contribution in [-0.2, 0) is 4.79 Å². The SMILES string of the molecule is COc1cc(/C=N\NC(=O)[C@@H]2COc3ccccc3O2)c(Br)c(Br)c1O. The van der Waals surface area contributed by atoms with Crippen molar-refractivity contribution in [3.63, 3.8) is 0 Å². The van der Waals surface area contributed by atoms with E-state index in [2.05, 4.69) is 42.4 Å². The van der Waals surface area contributed by atoms with Crippen LogP contribution in [0.25, 0.3) is 0 Å². The first-order chi connectivity index (χ1) is 12.5. The zero-order chi connectivity index (χ0) is 18.7. The molecule has 1 amide bonds. The lowest BCUT2D eigenvalue weighted by Crippen LogP contribution is -2.42. The molecule has 3 rings (SSSR count). The Kier molecular flexibility index (Phi) is 5.67. The van der Waals surface area contributed by atoms with Gasteiger partial charge in [-0.15, -0.1) is 0 Å². The van der Waals surface area contributed by atoms with Crippen molar-refractivity contribution in [3.05, 3.63) is 44.8 Å². The zero-order valence-electron chi connectivity index (χ0n) is 13.5. The van der Waals surface area contributed by atoms with Crippen LogP contribution < -0.4 is 19.6 Å². The third-order valence-electron chi connectivity index (χ3n) is 3.57. The summed E-state index contributed by atoms with van der Waals surface area (Å²) >= 11 is 6.60. The molecule has 2 aromatic rings. The van der Waals surface area contributed by atoms with Crippen LogP contribution in [0.5, 0.6) is 23.0 Å². The van der Waals surface area contributed by atoms with Gasteiger partial charge in [-0.25, -0.2) is 5.43 Å². The fourth-order valence-corrected chi connectivity index (χ4v) is 3.08. The minimum absolute atomic E-state index is 0.0352. The van der Waals surface area contributed by atoms with E-state index in [1.807, 2.05) is 6.07 Å². The van der Waals surface area contributed by atoms with Gasteiger partial charge in [-0.05, 0) is 50.1 Å². The number of para-hydroxylation sites is 2. The molecule has 0 radical (unpaired) electrons. The van der Waals surface area contributed by atoms with E-state index in [0.29, 0.717) is 26.0 Å². The van der Waals surface area contributed by atoms with Gasteiger partial charge in [0.1, 0.15) is 6.61 Å². The number of halogens is 2. The maximum absolute atomic E-state index is 12.2. The summed E-state index contributed by atoms with van der Waals surface area (Å²) in [5.74, 6) is 0.917. The second kappa shape index (κ2) is 7.96. The summed E-state index contributed by atoms with van der Waals surface area (Å²) < 4.78 is 17.2. The monoisotopic (exact) mass is 484 g/mol. The molecular formula is C17H14Br2N2O5. The van der Waals surface area contributed by atoms with Gasteiger partial charge < -0.3 is 19.3 Å². The Morgan fingerprint density at radius 1 is 1.35 bits per heavy atom. The number of hydrogen-bond acceptors (Lipinski definition) is 6. The predicted molar refractivity (Wildman–Crippen MR) is 102 cm³/mol. The number of nitrogens with zero attached hydrogens (tertiary/aromatic N) is 1. The number of fused-ring (bicyclic) bond motifs is 1. The number of phenolic OH excluding ortho intramolecular Hbond substituents is 1. The zero-order valence-corrected chi connectivity index (χ0v) is 16.7. The average molecular weight is 486 g/mol. The second-order valence-corrected chi connectivity index (χ2v) is 6.83. The number of methoxy groups -OCH3 is 1. The second-order valence-electron chi connectivity index (χ2n) is 5.24. The molecule has 0 fully saturated rings. The average Bonchev–Trinajstić information content (AvgIpc) is 2.67. The summed E-state index contributed by atoms with van der Waals surface area (Å²) in [7, 11) is 1.44. The minimum Gasteiger partial charge on any atom is -0.503 e. The van der Waals surface area contributed by atoms with E-state index >= 15 is 0 Å². The van der Waals surface area contributed by atoms with E-state index in [4.69, 9.17) is 14.2 Å². The third kappa shape index (κ3) is 3.78. The smallest absolute Gasteiger partial charge is 0.284 e. The molecule has 26 heavy (non-hydrogen) atoms. The van der Waals surface area contributed by atoms with E-state index in [9.17, 15) is 9.90 Å². The van der Waals surface area contributed by atoms with Crippen molar-refractivity contribution in [3.8, 4) is 23.0 Å². The molecule has 0 unspecified atom stereocenters. The number of ether oxygens (including phenoxy) is 3. The van der Waals surface area contributed by atoms with E-state index in [1.54, 1.807) is 24.3 Å². The quantitative estimate of drug-likeness (QED) is 0.512. The molecule has 0 saturated carbocycles. The molecule has 7 nitrogen and oxygen atoms in total. The van der Waals surface area contributed by atoms with Gasteiger partial charge in [0.05, 0.1) is 17.8 Å². The van der Waals surface area contributed by atoms with E-state index in [0.717, 1.165) is 0 Å². The van der Waals surface area contributed by atoms with Crippen molar-refractivity contribution < 1.29 is 24.1 Å². The molecule has 0 bridgehead atoms. The molecule has 0 aliphatic carbocycles. The summed E-state index contributed by atoms with van der Waals surface area (Å²) in [6.07, 6.45) is 0.623. The van der Waals surface area contributed by atoms with Crippen LogP contribution >= 0.6 is 31.9 Å². The van der Waals surface area contributed by atoms with Crippen molar-refractivity contribution in [2.24, 2.45) is 5.10 Å². The Balaban J connectivity index is 1.68. The van der Waals surface area contributed by atoms with Crippen LogP contribution in [-0.4, -0.2) is 37.0 Å². The van der Waals surface area contributed by atoms with Crippen LogP contribution in [0.2, 0.25) is 0 Å². The van der Waals surface area contributed by atoms with Gasteiger partial charge in [-0.2, -0.15) is 5.10 Å². The number of phenols is 1. The standard InChI is InChI=1S/C17H14Br2N2O5/c1-24-12-6-9(14(18)15(19)16(12)22)7-20-21-17(23)13-8-25-10-4-2-3-5-11(10)26-13/h2-7,13,22H,8H2,1H3,(H,21,23)/b20-7-/t13-/m0/s1. The number of aromatic hydroxyl groups is 1. The Bertz CT molecular complexity index is 872. The number of benzene rings is 2. The van der Waals surface area contributed by atoms with E-state index < -0.39 is 12.0 Å². The Labute approximate surface area is 166 Å². The summed E-state index contributed by atoms with van der Waals surface area (Å²) in [4.78, 5) is 12.2. The highest BCUT2D eigenvalue weighted by Crippen LogP contribution is 2.41. The third-order valence-corrected chi connectivity index (χ3v) is 5.73. The molecule has 2 aromatic carbocycles. The Morgan fingerprint density at radius 3 is 2.81 bits per heavy atom. The minimum atomic E-state index is -0.799. The molecular weight excluding hydrogens is 472 g/mol. The number of carbonyl (C=O) groups is 1. The van der Waals surface area contributed by atoms with Gasteiger partial charge in [0.25, 0.3) is 5.91 Å².